The number of hydrogen-bond acceptors (Lipinski definition) is 4. The lowest BCUT2D eigenvalue weighted by Crippen LogP contribution is -2.40. The van der Waals surface area contributed by atoms with Gasteiger partial charge in [0.2, 0.25) is 0 Å². The summed E-state index contributed by atoms with van der Waals surface area (Å²) in [5.74, 6) is -1.50. The molecule has 0 bridgehead atoms. The summed E-state index contributed by atoms with van der Waals surface area (Å²) in [6.45, 7) is 5.99. The molecular weight excluding hydrogens is 421 g/mol. The van der Waals surface area contributed by atoms with E-state index in [0.29, 0.717) is 39.7 Å². The summed E-state index contributed by atoms with van der Waals surface area (Å²) >= 11 is 12.9. The first-order valence-corrected chi connectivity index (χ1v) is 11.4. The number of ether oxygens (including phenoxy) is 1. The van der Waals surface area contributed by atoms with Gasteiger partial charge in [0.25, 0.3) is 0 Å². The molecule has 4 nitrogen and oxygen atoms in total. The van der Waals surface area contributed by atoms with Crippen molar-refractivity contribution in [1.82, 2.24) is 0 Å². The van der Waals surface area contributed by atoms with Gasteiger partial charge in [-0.3, -0.25) is 14.6 Å². The number of ketones is 1. The van der Waals surface area contributed by atoms with Crippen LogP contribution in [-0.4, -0.2) is 23.6 Å². The van der Waals surface area contributed by atoms with Crippen LogP contribution >= 0.6 is 23.2 Å². The number of allylic oxidation sites excluding steroid dienone is 2. The van der Waals surface area contributed by atoms with E-state index in [1.807, 2.05) is 19.1 Å². The number of rotatable bonds is 3. The average molecular weight is 448 g/mol. The predicted molar refractivity (Wildman–Crippen MR) is 119 cm³/mol. The first-order valence-electron chi connectivity index (χ1n) is 10.6. The number of carbonyl (C=O) groups excluding carboxylic acids is 2. The summed E-state index contributed by atoms with van der Waals surface area (Å²) in [5.41, 5.74) is 2.55. The largest absolute Gasteiger partial charge is 0.462 e. The molecule has 0 saturated heterocycles. The molecule has 2 aliphatic carbocycles. The van der Waals surface area contributed by atoms with Crippen LogP contribution in [0.4, 0.5) is 0 Å². The molecule has 0 radical (unpaired) electrons. The highest BCUT2D eigenvalue weighted by molar-refractivity contribution is 6.42. The summed E-state index contributed by atoms with van der Waals surface area (Å²) in [5, 5.41) is 0.782. The third-order valence-corrected chi connectivity index (χ3v) is 7.29. The van der Waals surface area contributed by atoms with Crippen molar-refractivity contribution in [2.75, 3.05) is 0 Å². The van der Waals surface area contributed by atoms with Crippen LogP contribution in [0.15, 0.2) is 34.5 Å². The number of hydrogen-bond donors (Lipinski definition) is 0. The maximum absolute atomic E-state index is 13.3. The van der Waals surface area contributed by atoms with Gasteiger partial charge in [0.1, 0.15) is 12.0 Å². The van der Waals surface area contributed by atoms with Crippen LogP contribution in [0.25, 0.3) is 0 Å². The minimum absolute atomic E-state index is 0.0252. The van der Waals surface area contributed by atoms with E-state index in [2.05, 4.69) is 13.8 Å². The topological polar surface area (TPSA) is 55.7 Å². The minimum atomic E-state index is -0.675. The van der Waals surface area contributed by atoms with Crippen molar-refractivity contribution < 1.29 is 14.3 Å². The first-order chi connectivity index (χ1) is 14.2. The Bertz CT molecular complexity index is 957. The van der Waals surface area contributed by atoms with E-state index in [0.717, 1.165) is 31.4 Å². The molecule has 0 N–H and O–H groups in total. The van der Waals surface area contributed by atoms with E-state index in [1.54, 1.807) is 6.07 Å². The Balaban J connectivity index is 1.82. The predicted octanol–water partition coefficient (Wildman–Crippen LogP) is 6.30. The molecule has 4 rings (SSSR count). The van der Waals surface area contributed by atoms with Gasteiger partial charge >= 0.3 is 5.97 Å². The van der Waals surface area contributed by atoms with Crippen molar-refractivity contribution in [3.8, 4) is 0 Å². The van der Waals surface area contributed by atoms with Crippen LogP contribution < -0.4 is 0 Å². The van der Waals surface area contributed by atoms with Crippen LogP contribution in [0.2, 0.25) is 10.0 Å². The molecule has 2 atom stereocenters. The normalized spacial score (nSPS) is 26.4. The second kappa shape index (κ2) is 8.12. The van der Waals surface area contributed by atoms with Gasteiger partial charge in [0.15, 0.2) is 5.78 Å². The van der Waals surface area contributed by atoms with Gasteiger partial charge in [-0.25, -0.2) is 0 Å². The van der Waals surface area contributed by atoms with Gasteiger partial charge in [-0.2, -0.15) is 0 Å². The van der Waals surface area contributed by atoms with Gasteiger partial charge in [0.05, 0.1) is 10.0 Å². The van der Waals surface area contributed by atoms with Crippen molar-refractivity contribution in [3.05, 3.63) is 45.1 Å². The van der Waals surface area contributed by atoms with Gasteiger partial charge < -0.3 is 4.74 Å². The van der Waals surface area contributed by atoms with Crippen LogP contribution in [0.3, 0.4) is 0 Å². The van der Waals surface area contributed by atoms with Crippen molar-refractivity contribution >= 4 is 40.7 Å². The van der Waals surface area contributed by atoms with E-state index in [1.165, 1.54) is 0 Å². The van der Waals surface area contributed by atoms with Gasteiger partial charge in [0, 0.05) is 29.3 Å². The number of nitrogens with zero attached hydrogens (tertiary/aromatic N) is 1. The number of halogens is 2. The van der Waals surface area contributed by atoms with Crippen molar-refractivity contribution in [3.63, 3.8) is 0 Å². The highest BCUT2D eigenvalue weighted by Crippen LogP contribution is 2.50. The van der Waals surface area contributed by atoms with E-state index in [4.69, 9.17) is 32.9 Å². The number of benzene rings is 1. The monoisotopic (exact) mass is 447 g/mol. The number of Topliss-reactive ketones (excluding diaryl/α,β-unsaturated/α-hetero) is 1. The zero-order valence-electron chi connectivity index (χ0n) is 17.6. The number of aliphatic imine (C=N–C) groups is 1. The van der Waals surface area contributed by atoms with E-state index in [-0.39, 0.29) is 23.3 Å². The Kier molecular flexibility index (Phi) is 5.84. The molecule has 1 heterocycles. The lowest BCUT2D eigenvalue weighted by atomic mass is 9.67. The molecule has 160 valence electrons. The summed E-state index contributed by atoms with van der Waals surface area (Å²) in [6, 6.07) is 5.37. The first kappa shape index (κ1) is 21.6. The Hall–Kier alpha value is -1.65. The Labute approximate surface area is 187 Å². The molecule has 6 heteroatoms. The molecule has 0 aromatic heterocycles. The molecule has 1 saturated carbocycles. The number of carbonyl (C=O) groups is 2. The fraction of sp³-hybridized carbons (Fsp3) is 0.542. The second-order valence-electron chi connectivity index (χ2n) is 9.50. The summed E-state index contributed by atoms with van der Waals surface area (Å²) in [4.78, 5) is 31.4. The highest BCUT2D eigenvalue weighted by Gasteiger charge is 2.47. The molecule has 30 heavy (non-hydrogen) atoms. The highest BCUT2D eigenvalue weighted by atomic mass is 35.5. The third-order valence-electron chi connectivity index (χ3n) is 6.46. The SMILES string of the molecule is CC1=NC2=C(C(=O)CC(C)(C)C2)[C@H](c2cccc(Cl)c2Cl)C1C(=O)OC1CCCC1. The van der Waals surface area contributed by atoms with Crippen molar-refractivity contribution in [2.45, 2.75) is 71.3 Å². The van der Waals surface area contributed by atoms with Gasteiger partial charge in [-0.1, -0.05) is 49.2 Å². The quantitative estimate of drug-likeness (QED) is 0.510. The Morgan fingerprint density at radius 1 is 1.17 bits per heavy atom. The Morgan fingerprint density at radius 2 is 1.87 bits per heavy atom. The van der Waals surface area contributed by atoms with Crippen molar-refractivity contribution in [1.29, 1.82) is 0 Å². The maximum Gasteiger partial charge on any atom is 0.315 e. The average Bonchev–Trinajstić information content (AvgIpc) is 3.14. The fourth-order valence-electron chi connectivity index (χ4n) is 5.09. The molecule has 0 spiro atoms. The molecule has 1 aromatic rings. The zero-order chi connectivity index (χ0) is 21.6. The summed E-state index contributed by atoms with van der Waals surface area (Å²) in [6.07, 6.45) is 4.96. The second-order valence-corrected chi connectivity index (χ2v) is 10.3. The van der Waals surface area contributed by atoms with Crippen LogP contribution in [0, 0.1) is 11.3 Å². The molecule has 1 unspecified atom stereocenters. The van der Waals surface area contributed by atoms with E-state index < -0.39 is 11.8 Å². The lowest BCUT2D eigenvalue weighted by molar-refractivity contribution is -0.151. The smallest absolute Gasteiger partial charge is 0.315 e. The number of esters is 1. The van der Waals surface area contributed by atoms with E-state index >= 15 is 0 Å². The molecule has 1 aromatic carbocycles. The Morgan fingerprint density at radius 3 is 2.57 bits per heavy atom. The fourth-order valence-corrected chi connectivity index (χ4v) is 5.52. The maximum atomic E-state index is 13.3. The zero-order valence-corrected chi connectivity index (χ0v) is 19.1. The molecular formula is C24H27Cl2NO3. The van der Waals surface area contributed by atoms with Gasteiger partial charge in [-0.15, -0.1) is 0 Å². The third kappa shape index (κ3) is 3.97. The van der Waals surface area contributed by atoms with Crippen LogP contribution in [0.5, 0.6) is 0 Å². The molecule has 1 aliphatic heterocycles. The molecule has 0 amide bonds. The lowest BCUT2D eigenvalue weighted by Gasteiger charge is -2.39. The standard InChI is InChI=1S/C24H27Cl2NO3/c1-13-19(23(29)30-14-7-4-5-8-14)20(15-9-6-10-16(25)22(15)26)21-17(27-13)11-24(2,3)12-18(21)28/h6,9-10,14,19-20H,4-5,7-8,11-12H2,1-3H3/t19?,20-/m1/s1. The molecule has 3 aliphatic rings. The molecule has 1 fully saturated rings. The summed E-state index contributed by atoms with van der Waals surface area (Å²) in [7, 11) is 0. The van der Waals surface area contributed by atoms with Crippen LogP contribution in [-0.2, 0) is 14.3 Å². The van der Waals surface area contributed by atoms with E-state index in [9.17, 15) is 9.59 Å². The van der Waals surface area contributed by atoms with Crippen LogP contribution in [0.1, 0.15) is 70.8 Å². The van der Waals surface area contributed by atoms with Gasteiger partial charge in [-0.05, 0) is 56.1 Å². The summed E-state index contributed by atoms with van der Waals surface area (Å²) < 4.78 is 5.87. The van der Waals surface area contributed by atoms with Crippen molar-refractivity contribution in [2.24, 2.45) is 16.3 Å². The minimum Gasteiger partial charge on any atom is -0.462 e.